The first kappa shape index (κ1) is 24.9. The fraction of sp³-hybridized carbons (Fsp3) is 0.500. The van der Waals surface area contributed by atoms with Gasteiger partial charge in [-0.05, 0) is 55.5 Å². The highest BCUT2D eigenvalue weighted by molar-refractivity contribution is 6.23. The number of carbonyl (C=O) groups excluding carboxylic acids is 2. The van der Waals surface area contributed by atoms with Crippen molar-refractivity contribution in [3.05, 3.63) is 59.7 Å². The summed E-state index contributed by atoms with van der Waals surface area (Å²) in [5, 5.41) is 6.71. The zero-order valence-electron chi connectivity index (χ0n) is 21.2. The molecule has 3 aliphatic heterocycles. The molecule has 8 heteroatoms. The van der Waals surface area contributed by atoms with E-state index in [1.807, 2.05) is 60.4 Å². The number of rotatable bonds is 7. The zero-order chi connectivity index (χ0) is 25.0. The summed E-state index contributed by atoms with van der Waals surface area (Å²) in [6.07, 6.45) is 0. The Kier molecular flexibility index (Phi) is 7.67. The van der Waals surface area contributed by atoms with Crippen molar-refractivity contribution in [3.63, 3.8) is 0 Å². The molecule has 192 valence electrons. The number of hydrogen-bond donors (Lipinski definition) is 2. The molecule has 5 rings (SSSR count). The number of nitrogens with zero attached hydrogens (tertiary/aromatic N) is 3. The van der Waals surface area contributed by atoms with Crippen LogP contribution in [0.15, 0.2) is 48.5 Å². The number of ether oxygens (including phenoxy) is 1. The Balaban J connectivity index is 1.40. The average Bonchev–Trinajstić information content (AvgIpc) is 2.97. The number of anilines is 2. The minimum absolute atomic E-state index is 0.140. The SMILES string of the molecule is CC(C(=O)c1ccc(N2CCNCC2)cc1)(C(=O)c1ccc(N2CCOCC2)cc1)N1CCNCC1. The fourth-order valence-electron chi connectivity index (χ4n) is 5.46. The largest absolute Gasteiger partial charge is 0.378 e. The molecule has 2 aromatic carbocycles. The second-order valence-electron chi connectivity index (χ2n) is 9.90. The molecule has 8 nitrogen and oxygen atoms in total. The van der Waals surface area contributed by atoms with Gasteiger partial charge in [-0.2, -0.15) is 0 Å². The van der Waals surface area contributed by atoms with Crippen molar-refractivity contribution in [1.29, 1.82) is 0 Å². The van der Waals surface area contributed by atoms with Crippen molar-refractivity contribution in [2.75, 3.05) is 88.5 Å². The van der Waals surface area contributed by atoms with Crippen LogP contribution in [0.2, 0.25) is 0 Å². The lowest BCUT2D eigenvalue weighted by molar-refractivity contribution is 0.0464. The van der Waals surface area contributed by atoms with E-state index in [0.717, 1.165) is 63.7 Å². The van der Waals surface area contributed by atoms with Gasteiger partial charge in [-0.15, -0.1) is 0 Å². The van der Waals surface area contributed by atoms with Crippen LogP contribution >= 0.6 is 0 Å². The maximum absolute atomic E-state index is 14.1. The van der Waals surface area contributed by atoms with Crippen LogP contribution in [0.5, 0.6) is 0 Å². The summed E-state index contributed by atoms with van der Waals surface area (Å²) >= 11 is 0. The molecule has 3 fully saturated rings. The van der Waals surface area contributed by atoms with E-state index in [0.29, 0.717) is 37.4 Å². The summed E-state index contributed by atoms with van der Waals surface area (Å²) in [7, 11) is 0. The van der Waals surface area contributed by atoms with E-state index in [2.05, 4.69) is 20.4 Å². The Morgan fingerprint density at radius 2 is 1.08 bits per heavy atom. The number of nitrogens with one attached hydrogen (secondary N) is 2. The molecule has 0 aliphatic carbocycles. The van der Waals surface area contributed by atoms with Crippen molar-refractivity contribution in [1.82, 2.24) is 15.5 Å². The van der Waals surface area contributed by atoms with Crippen LogP contribution in [0.25, 0.3) is 0 Å². The van der Waals surface area contributed by atoms with E-state index in [-0.39, 0.29) is 11.6 Å². The second kappa shape index (κ2) is 11.1. The van der Waals surface area contributed by atoms with Gasteiger partial charge in [-0.25, -0.2) is 0 Å². The first-order valence-electron chi connectivity index (χ1n) is 13.1. The van der Waals surface area contributed by atoms with Crippen LogP contribution < -0.4 is 20.4 Å². The standard InChI is InChI=1S/C28H37N5O3/c1-28(33-16-12-30-13-17-33,26(34)22-2-6-24(7-3-22)31-14-10-29-11-15-31)27(35)23-4-8-25(9-5-23)32-18-20-36-21-19-32/h2-9,29-30H,10-21H2,1H3. The molecule has 0 bridgehead atoms. The summed E-state index contributed by atoms with van der Waals surface area (Å²) in [5.41, 5.74) is 2.07. The second-order valence-corrected chi connectivity index (χ2v) is 9.90. The molecule has 2 N–H and O–H groups in total. The predicted molar refractivity (Wildman–Crippen MR) is 143 cm³/mol. The summed E-state index contributed by atoms with van der Waals surface area (Å²) in [6, 6.07) is 15.5. The van der Waals surface area contributed by atoms with Crippen LogP contribution in [0.1, 0.15) is 27.6 Å². The summed E-state index contributed by atoms with van der Waals surface area (Å²) < 4.78 is 5.46. The maximum atomic E-state index is 14.1. The van der Waals surface area contributed by atoms with Crippen molar-refractivity contribution in [2.24, 2.45) is 0 Å². The number of piperazine rings is 2. The monoisotopic (exact) mass is 491 g/mol. The Labute approximate surface area is 213 Å². The van der Waals surface area contributed by atoms with E-state index in [1.165, 1.54) is 0 Å². The van der Waals surface area contributed by atoms with Crippen molar-refractivity contribution in [2.45, 2.75) is 12.5 Å². The average molecular weight is 492 g/mol. The number of benzene rings is 2. The topological polar surface area (TPSA) is 77.2 Å². The first-order chi connectivity index (χ1) is 17.6. The van der Waals surface area contributed by atoms with Crippen LogP contribution in [0.4, 0.5) is 11.4 Å². The zero-order valence-corrected chi connectivity index (χ0v) is 21.2. The van der Waals surface area contributed by atoms with Crippen molar-refractivity contribution in [3.8, 4) is 0 Å². The van der Waals surface area contributed by atoms with E-state index >= 15 is 0 Å². The van der Waals surface area contributed by atoms with Gasteiger partial charge in [-0.1, -0.05) is 0 Å². The number of ketones is 2. The molecule has 0 radical (unpaired) electrons. The lowest BCUT2D eigenvalue weighted by Crippen LogP contribution is -2.62. The van der Waals surface area contributed by atoms with Gasteiger partial charge in [0.1, 0.15) is 5.54 Å². The Bertz CT molecular complexity index is 964. The Hall–Kier alpha value is -2.78. The minimum atomic E-state index is -1.26. The molecule has 36 heavy (non-hydrogen) atoms. The molecule has 3 heterocycles. The molecule has 1 atom stereocenters. The summed E-state index contributed by atoms with van der Waals surface area (Å²) in [6.45, 7) is 11.6. The van der Waals surface area contributed by atoms with Gasteiger partial charge in [0.25, 0.3) is 0 Å². The molecule has 0 aromatic heterocycles. The molecule has 1 unspecified atom stereocenters. The van der Waals surface area contributed by atoms with Gasteiger partial charge in [-0.3, -0.25) is 14.5 Å². The van der Waals surface area contributed by atoms with Gasteiger partial charge < -0.3 is 25.2 Å². The Morgan fingerprint density at radius 3 is 1.56 bits per heavy atom. The highest BCUT2D eigenvalue weighted by atomic mass is 16.5. The molecule has 3 aliphatic rings. The third kappa shape index (κ3) is 5.04. The number of Topliss-reactive ketones (excluding diaryl/α,β-unsaturated/α-hetero) is 2. The maximum Gasteiger partial charge on any atom is 0.190 e. The van der Waals surface area contributed by atoms with E-state index in [9.17, 15) is 9.59 Å². The number of carbonyl (C=O) groups is 2. The molecule has 3 saturated heterocycles. The van der Waals surface area contributed by atoms with Gasteiger partial charge in [0.2, 0.25) is 0 Å². The minimum Gasteiger partial charge on any atom is -0.378 e. The van der Waals surface area contributed by atoms with Crippen molar-refractivity contribution >= 4 is 22.9 Å². The van der Waals surface area contributed by atoms with Crippen LogP contribution in [0, 0.1) is 0 Å². The first-order valence-corrected chi connectivity index (χ1v) is 13.1. The van der Waals surface area contributed by atoms with Crippen molar-refractivity contribution < 1.29 is 14.3 Å². The summed E-state index contributed by atoms with van der Waals surface area (Å²) in [5.74, 6) is -0.285. The quantitative estimate of drug-likeness (QED) is 0.448. The van der Waals surface area contributed by atoms with E-state index in [4.69, 9.17) is 4.74 Å². The van der Waals surface area contributed by atoms with Crippen LogP contribution in [-0.2, 0) is 4.74 Å². The highest BCUT2D eigenvalue weighted by Crippen LogP contribution is 2.29. The van der Waals surface area contributed by atoms with Gasteiger partial charge in [0.15, 0.2) is 11.6 Å². The highest BCUT2D eigenvalue weighted by Gasteiger charge is 2.47. The Morgan fingerprint density at radius 1 is 0.667 bits per heavy atom. The normalized spacial score (nSPS) is 21.1. The summed E-state index contributed by atoms with van der Waals surface area (Å²) in [4.78, 5) is 34.7. The molecular formula is C28H37N5O3. The smallest absolute Gasteiger partial charge is 0.190 e. The van der Waals surface area contributed by atoms with Gasteiger partial charge >= 0.3 is 0 Å². The van der Waals surface area contributed by atoms with Crippen LogP contribution in [0.3, 0.4) is 0 Å². The third-order valence-electron chi connectivity index (χ3n) is 7.75. The molecule has 0 amide bonds. The van der Waals surface area contributed by atoms with Gasteiger partial charge in [0, 0.05) is 87.9 Å². The van der Waals surface area contributed by atoms with E-state index in [1.54, 1.807) is 0 Å². The molecule has 2 aromatic rings. The van der Waals surface area contributed by atoms with Gasteiger partial charge in [0.05, 0.1) is 13.2 Å². The molecule has 0 spiro atoms. The molecular weight excluding hydrogens is 454 g/mol. The molecule has 0 saturated carbocycles. The fourth-order valence-corrected chi connectivity index (χ4v) is 5.46. The number of morpholine rings is 1. The predicted octanol–water partition coefficient (Wildman–Crippen LogP) is 1.66. The van der Waals surface area contributed by atoms with E-state index < -0.39 is 5.54 Å². The lowest BCUT2D eigenvalue weighted by atomic mass is 9.81. The van der Waals surface area contributed by atoms with Crippen LogP contribution in [-0.4, -0.2) is 101 Å². The lowest BCUT2D eigenvalue weighted by Gasteiger charge is -2.41. The number of hydrogen-bond acceptors (Lipinski definition) is 8. The third-order valence-corrected chi connectivity index (χ3v) is 7.75.